The Morgan fingerprint density at radius 3 is 2.52 bits per heavy atom. The number of methoxy groups -OCH3 is 1. The summed E-state index contributed by atoms with van der Waals surface area (Å²) in [7, 11) is -1.54. The summed E-state index contributed by atoms with van der Waals surface area (Å²) in [5.41, 5.74) is -0.347. The summed E-state index contributed by atoms with van der Waals surface area (Å²) in [4.78, 5) is 4.45. The first kappa shape index (κ1) is 20.5. The van der Waals surface area contributed by atoms with Crippen molar-refractivity contribution in [3.05, 3.63) is 0 Å². The zero-order chi connectivity index (χ0) is 17.3. The molecule has 9 heteroatoms. The van der Waals surface area contributed by atoms with Crippen molar-refractivity contribution >= 4 is 27.7 Å². The highest BCUT2D eigenvalue weighted by Gasteiger charge is 2.23. The van der Waals surface area contributed by atoms with Gasteiger partial charge in [0.05, 0.1) is 17.9 Å². The number of sulfonamides is 1. The highest BCUT2D eigenvalue weighted by Crippen LogP contribution is 2.13. The third-order valence-electron chi connectivity index (χ3n) is 3.53. The lowest BCUT2D eigenvalue weighted by molar-refractivity contribution is 0.0310. The summed E-state index contributed by atoms with van der Waals surface area (Å²) in [5.74, 6) is 2.45. The maximum absolute atomic E-state index is 12.3. The molecule has 0 unspecified atom stereocenters. The molecule has 1 aliphatic heterocycles. The van der Waals surface area contributed by atoms with E-state index in [1.807, 2.05) is 20.8 Å². The molecule has 0 spiro atoms. The van der Waals surface area contributed by atoms with Gasteiger partial charge in [-0.25, -0.2) is 12.7 Å². The van der Waals surface area contributed by atoms with Crippen molar-refractivity contribution in [1.82, 2.24) is 14.9 Å². The van der Waals surface area contributed by atoms with E-state index < -0.39 is 10.0 Å². The summed E-state index contributed by atoms with van der Waals surface area (Å²) in [6, 6.07) is 0. The molecule has 0 bridgehead atoms. The molecule has 0 aromatic heterocycles. The van der Waals surface area contributed by atoms with Crippen molar-refractivity contribution < 1.29 is 13.2 Å². The van der Waals surface area contributed by atoms with Gasteiger partial charge in [0.25, 0.3) is 0 Å². The molecular formula is C14H30N4O3S2. The lowest BCUT2D eigenvalue weighted by Gasteiger charge is -2.26. The van der Waals surface area contributed by atoms with Gasteiger partial charge in [0.1, 0.15) is 0 Å². The Hall–Kier alpha value is -0.510. The van der Waals surface area contributed by atoms with E-state index in [0.717, 1.165) is 18.1 Å². The van der Waals surface area contributed by atoms with Crippen molar-refractivity contribution in [2.75, 3.05) is 57.1 Å². The average molecular weight is 367 g/mol. The van der Waals surface area contributed by atoms with Gasteiger partial charge in [-0.2, -0.15) is 11.8 Å². The van der Waals surface area contributed by atoms with Gasteiger partial charge in [-0.15, -0.1) is 0 Å². The van der Waals surface area contributed by atoms with Crippen LogP contribution in [0.5, 0.6) is 0 Å². The summed E-state index contributed by atoms with van der Waals surface area (Å²) in [5, 5.41) is 6.20. The normalized spacial score (nSPS) is 18.0. The fourth-order valence-corrected chi connectivity index (χ4v) is 4.42. The highest BCUT2D eigenvalue weighted by molar-refractivity contribution is 7.99. The van der Waals surface area contributed by atoms with Gasteiger partial charge in [0.2, 0.25) is 10.0 Å². The number of guanidine groups is 1. The first-order chi connectivity index (χ1) is 10.8. The van der Waals surface area contributed by atoms with Gasteiger partial charge in [-0.1, -0.05) is 0 Å². The standard InChI is InChI=1S/C14H30N4O3S2/c1-5-15-13(17-12-14(2,3)21-4)16-6-11-23(19,20)18-7-9-22-10-8-18/h5-12H2,1-4H3,(H2,15,16,17). The van der Waals surface area contributed by atoms with Gasteiger partial charge < -0.3 is 15.4 Å². The fraction of sp³-hybridized carbons (Fsp3) is 0.929. The van der Waals surface area contributed by atoms with Gasteiger partial charge in [-0.05, 0) is 20.8 Å². The monoisotopic (exact) mass is 366 g/mol. The summed E-state index contributed by atoms with van der Waals surface area (Å²) in [6.07, 6.45) is 0. The molecule has 1 fully saturated rings. The third kappa shape index (κ3) is 7.73. The molecule has 0 atom stereocenters. The summed E-state index contributed by atoms with van der Waals surface area (Å²) in [6.45, 7) is 8.67. The molecule has 1 saturated heterocycles. The van der Waals surface area contributed by atoms with Crippen LogP contribution in [0.2, 0.25) is 0 Å². The Morgan fingerprint density at radius 1 is 1.30 bits per heavy atom. The second-order valence-corrected chi connectivity index (χ2v) is 9.23. The number of hydrogen-bond donors (Lipinski definition) is 2. The Bertz CT molecular complexity index is 474. The molecule has 0 radical (unpaired) electrons. The van der Waals surface area contributed by atoms with Crippen molar-refractivity contribution in [2.24, 2.45) is 4.99 Å². The van der Waals surface area contributed by atoms with E-state index in [4.69, 9.17) is 4.74 Å². The molecule has 23 heavy (non-hydrogen) atoms. The van der Waals surface area contributed by atoms with Gasteiger partial charge in [0.15, 0.2) is 5.96 Å². The van der Waals surface area contributed by atoms with Gasteiger partial charge >= 0.3 is 0 Å². The molecule has 0 aliphatic carbocycles. The lowest BCUT2D eigenvalue weighted by atomic mass is 10.1. The lowest BCUT2D eigenvalue weighted by Crippen LogP contribution is -2.44. The first-order valence-corrected chi connectivity index (χ1v) is 10.7. The molecule has 0 aromatic rings. The predicted octanol–water partition coefficient (Wildman–Crippen LogP) is 0.345. The molecule has 7 nitrogen and oxygen atoms in total. The SMILES string of the molecule is CCNC(=NCC(C)(C)OC)NCCS(=O)(=O)N1CCSCC1. The highest BCUT2D eigenvalue weighted by atomic mass is 32.2. The van der Waals surface area contributed by atoms with Crippen molar-refractivity contribution in [2.45, 2.75) is 26.4 Å². The Kier molecular flexibility index (Phi) is 8.66. The molecule has 136 valence electrons. The van der Waals surface area contributed by atoms with Crippen LogP contribution in [0.15, 0.2) is 4.99 Å². The second-order valence-electron chi connectivity index (χ2n) is 5.91. The molecule has 1 heterocycles. The first-order valence-electron chi connectivity index (χ1n) is 7.93. The summed E-state index contributed by atoms with van der Waals surface area (Å²) < 4.78 is 31.5. The Labute approximate surface area is 144 Å². The van der Waals surface area contributed by atoms with Crippen LogP contribution in [-0.4, -0.2) is 81.4 Å². The third-order valence-corrected chi connectivity index (χ3v) is 6.35. The van der Waals surface area contributed by atoms with E-state index in [9.17, 15) is 8.42 Å². The molecule has 1 rings (SSSR count). The van der Waals surface area contributed by atoms with E-state index in [0.29, 0.717) is 32.1 Å². The van der Waals surface area contributed by atoms with Crippen LogP contribution in [-0.2, 0) is 14.8 Å². The van der Waals surface area contributed by atoms with Gasteiger partial charge in [0, 0.05) is 44.8 Å². The van der Waals surface area contributed by atoms with Crippen molar-refractivity contribution in [1.29, 1.82) is 0 Å². The molecule has 1 aliphatic rings. The van der Waals surface area contributed by atoms with Crippen LogP contribution in [0.4, 0.5) is 0 Å². The average Bonchev–Trinajstić information content (AvgIpc) is 2.53. The maximum Gasteiger partial charge on any atom is 0.215 e. The minimum atomic E-state index is -3.19. The molecule has 0 aromatic carbocycles. The van der Waals surface area contributed by atoms with Crippen LogP contribution in [0.3, 0.4) is 0 Å². The molecule has 0 amide bonds. The largest absolute Gasteiger partial charge is 0.377 e. The van der Waals surface area contributed by atoms with Gasteiger partial charge in [-0.3, -0.25) is 4.99 Å². The number of nitrogens with one attached hydrogen (secondary N) is 2. The number of aliphatic imine (C=N–C) groups is 1. The molecular weight excluding hydrogens is 336 g/mol. The minimum Gasteiger partial charge on any atom is -0.377 e. The smallest absolute Gasteiger partial charge is 0.215 e. The van der Waals surface area contributed by atoms with Crippen LogP contribution in [0.25, 0.3) is 0 Å². The topological polar surface area (TPSA) is 83.0 Å². The quantitative estimate of drug-likeness (QED) is 0.476. The van der Waals surface area contributed by atoms with E-state index in [2.05, 4.69) is 15.6 Å². The van der Waals surface area contributed by atoms with Crippen molar-refractivity contribution in [3.63, 3.8) is 0 Å². The minimum absolute atomic E-state index is 0.0791. The zero-order valence-electron chi connectivity index (χ0n) is 14.6. The number of thioether (sulfide) groups is 1. The van der Waals surface area contributed by atoms with E-state index in [-0.39, 0.29) is 11.4 Å². The zero-order valence-corrected chi connectivity index (χ0v) is 16.2. The predicted molar refractivity (Wildman–Crippen MR) is 97.8 cm³/mol. The number of rotatable bonds is 8. The second kappa shape index (κ2) is 9.71. The Balaban J connectivity index is 2.50. The van der Waals surface area contributed by atoms with E-state index >= 15 is 0 Å². The van der Waals surface area contributed by atoms with Crippen LogP contribution in [0.1, 0.15) is 20.8 Å². The van der Waals surface area contributed by atoms with Crippen LogP contribution < -0.4 is 10.6 Å². The number of ether oxygens (including phenoxy) is 1. The maximum atomic E-state index is 12.3. The number of nitrogens with zero attached hydrogens (tertiary/aromatic N) is 2. The Morgan fingerprint density at radius 2 is 1.96 bits per heavy atom. The number of hydrogen-bond acceptors (Lipinski definition) is 5. The summed E-state index contributed by atoms with van der Waals surface area (Å²) >= 11 is 1.80. The van der Waals surface area contributed by atoms with E-state index in [1.165, 1.54) is 0 Å². The fourth-order valence-electron chi connectivity index (χ4n) is 1.93. The molecule has 2 N–H and O–H groups in total. The van der Waals surface area contributed by atoms with Crippen molar-refractivity contribution in [3.8, 4) is 0 Å². The van der Waals surface area contributed by atoms with Crippen LogP contribution in [0, 0.1) is 0 Å². The van der Waals surface area contributed by atoms with E-state index in [1.54, 1.807) is 23.2 Å². The van der Waals surface area contributed by atoms with Crippen LogP contribution >= 0.6 is 11.8 Å². The molecule has 0 saturated carbocycles.